The van der Waals surface area contributed by atoms with Crippen molar-refractivity contribution < 1.29 is 29.2 Å². The molecule has 0 aromatic heterocycles. The summed E-state index contributed by atoms with van der Waals surface area (Å²) < 4.78 is 23.2. The van der Waals surface area contributed by atoms with E-state index in [1.807, 2.05) is 0 Å². The van der Waals surface area contributed by atoms with Crippen LogP contribution in [0.15, 0.2) is 42.5 Å². The molecule has 8 nitrogen and oxygen atoms in total. The zero-order valence-corrected chi connectivity index (χ0v) is 13.8. The Labute approximate surface area is 145 Å². The number of phenolic OH excluding ortho intramolecular Hbond substituents is 1. The van der Waals surface area contributed by atoms with Gasteiger partial charge in [0.25, 0.3) is 0 Å². The number of nitrogens with zero attached hydrogens (tertiary/aromatic N) is 1. The number of aromatic carboxylic acids is 1. The first-order valence-electron chi connectivity index (χ1n) is 7.41. The molecule has 0 aliphatic carbocycles. The molecule has 1 aliphatic rings. The van der Waals surface area contributed by atoms with Crippen LogP contribution in [0.4, 0.5) is 5.69 Å². The molecule has 1 atom stereocenters. The molecule has 1 heterocycles. The summed E-state index contributed by atoms with van der Waals surface area (Å²) in [6.07, 6.45) is -0.700. The molecule has 0 radical (unpaired) electrons. The van der Waals surface area contributed by atoms with Crippen molar-refractivity contribution in [3.63, 3.8) is 0 Å². The second kappa shape index (κ2) is 6.54. The summed E-state index contributed by atoms with van der Waals surface area (Å²) in [4.78, 5) is 11.0. The Balaban J connectivity index is 1.83. The number of rotatable bonds is 4. The van der Waals surface area contributed by atoms with Crippen molar-refractivity contribution in [2.24, 2.45) is 0 Å². The van der Waals surface area contributed by atoms with Crippen molar-refractivity contribution in [1.82, 2.24) is 4.72 Å². The zero-order chi connectivity index (χ0) is 18.2. The molecule has 1 unspecified atom stereocenters. The van der Waals surface area contributed by atoms with E-state index in [9.17, 15) is 24.1 Å². The first-order valence-corrected chi connectivity index (χ1v) is 8.92. The van der Waals surface area contributed by atoms with E-state index in [-0.39, 0.29) is 23.5 Å². The van der Waals surface area contributed by atoms with Gasteiger partial charge >= 0.3 is 5.97 Å². The van der Waals surface area contributed by atoms with Crippen molar-refractivity contribution in [1.29, 1.82) is 0 Å². The third kappa shape index (κ3) is 3.70. The number of carboxylic acid groups (broad SMARTS) is 1. The Morgan fingerprint density at radius 2 is 1.92 bits per heavy atom. The average molecular weight is 366 g/mol. The third-order valence-electron chi connectivity index (χ3n) is 3.83. The van der Waals surface area contributed by atoms with E-state index < -0.39 is 23.2 Å². The molecule has 3 rings (SSSR count). The molecule has 2 aromatic carbocycles. The highest BCUT2D eigenvalue weighted by atomic mass is 32.3. The Morgan fingerprint density at radius 3 is 2.52 bits per heavy atom. The maximum atomic E-state index is 11.0. The van der Waals surface area contributed by atoms with Gasteiger partial charge in [-0.25, -0.2) is 4.79 Å². The van der Waals surface area contributed by atoms with Crippen LogP contribution in [0.2, 0.25) is 0 Å². The second-order valence-corrected chi connectivity index (χ2v) is 7.43. The van der Waals surface area contributed by atoms with Gasteiger partial charge in [0.2, 0.25) is 0 Å². The standard InChI is InChI=1S/C16H18N2O6S/c19-14-8-11(6-10-2-1-3-12(7-10)16(21)22)4-5-13(14)18-9-15(20)17-25(18,23)24/h1-5,7-8,15,17,19-20,23-24H,6,9H2,(H,21,22). The van der Waals surface area contributed by atoms with Crippen molar-refractivity contribution >= 4 is 22.6 Å². The number of aliphatic hydroxyl groups excluding tert-OH is 1. The van der Waals surface area contributed by atoms with Gasteiger partial charge in [-0.15, -0.1) is 0 Å². The van der Waals surface area contributed by atoms with Gasteiger partial charge in [-0.3, -0.25) is 13.4 Å². The predicted molar refractivity (Wildman–Crippen MR) is 93.7 cm³/mol. The van der Waals surface area contributed by atoms with Crippen LogP contribution in [0, 0.1) is 0 Å². The SMILES string of the molecule is O=C(O)c1cccc(Cc2ccc(N3CC(O)NS3(O)O)c(O)c2)c1. The van der Waals surface area contributed by atoms with E-state index in [4.69, 9.17) is 5.11 Å². The summed E-state index contributed by atoms with van der Waals surface area (Å²) in [5, 5.41) is 28.8. The Morgan fingerprint density at radius 1 is 1.20 bits per heavy atom. The van der Waals surface area contributed by atoms with E-state index in [2.05, 4.69) is 4.72 Å². The van der Waals surface area contributed by atoms with Crippen molar-refractivity contribution in [3.05, 3.63) is 59.2 Å². The number of nitrogens with one attached hydrogen (secondary N) is 1. The smallest absolute Gasteiger partial charge is 0.335 e. The van der Waals surface area contributed by atoms with Gasteiger partial charge in [0.1, 0.15) is 17.7 Å². The molecule has 1 saturated heterocycles. The van der Waals surface area contributed by atoms with E-state index >= 15 is 0 Å². The number of aliphatic hydroxyl groups is 1. The fourth-order valence-corrected chi connectivity index (χ4v) is 4.06. The minimum atomic E-state index is -3.39. The Hall–Kier alpha value is -2.30. The molecule has 25 heavy (non-hydrogen) atoms. The van der Waals surface area contributed by atoms with Crippen LogP contribution < -0.4 is 9.03 Å². The fourth-order valence-electron chi connectivity index (χ4n) is 2.72. The predicted octanol–water partition coefficient (Wildman–Crippen LogP) is 1.99. The molecule has 9 heteroatoms. The largest absolute Gasteiger partial charge is 0.506 e. The molecular formula is C16H18N2O6S. The number of carbonyl (C=O) groups is 1. The van der Waals surface area contributed by atoms with Gasteiger partial charge in [0.05, 0.1) is 12.1 Å². The van der Waals surface area contributed by atoms with Crippen LogP contribution in [0.25, 0.3) is 0 Å². The lowest BCUT2D eigenvalue weighted by atomic mass is 10.0. The number of phenols is 1. The van der Waals surface area contributed by atoms with Crippen LogP contribution in [0.1, 0.15) is 21.5 Å². The van der Waals surface area contributed by atoms with Crippen molar-refractivity contribution in [2.75, 3.05) is 10.8 Å². The molecule has 0 bridgehead atoms. The molecule has 1 aliphatic heterocycles. The third-order valence-corrected chi connectivity index (χ3v) is 5.38. The highest BCUT2D eigenvalue weighted by molar-refractivity contribution is 8.24. The van der Waals surface area contributed by atoms with Crippen LogP contribution in [0.5, 0.6) is 5.75 Å². The maximum Gasteiger partial charge on any atom is 0.335 e. The van der Waals surface area contributed by atoms with Gasteiger partial charge in [-0.2, -0.15) is 4.72 Å². The number of β-amino-alcohol motifs (C(OH)–C–C–N with tert-alkyl or cyclic N) is 1. The fraction of sp³-hybridized carbons (Fsp3) is 0.188. The van der Waals surface area contributed by atoms with Gasteiger partial charge in [-0.1, -0.05) is 29.2 Å². The summed E-state index contributed by atoms with van der Waals surface area (Å²) in [6, 6.07) is 11.2. The van der Waals surface area contributed by atoms with Gasteiger partial charge in [-0.05, 0) is 41.8 Å². The van der Waals surface area contributed by atoms with E-state index in [0.29, 0.717) is 6.42 Å². The van der Waals surface area contributed by atoms with Crippen molar-refractivity contribution in [2.45, 2.75) is 12.6 Å². The molecule has 2 aromatic rings. The molecule has 6 N–H and O–H groups in total. The minimum Gasteiger partial charge on any atom is -0.506 e. The van der Waals surface area contributed by atoms with Gasteiger partial charge < -0.3 is 15.3 Å². The second-order valence-electron chi connectivity index (χ2n) is 5.72. The maximum absolute atomic E-state index is 11.0. The number of hydrogen-bond donors (Lipinski definition) is 6. The van der Waals surface area contributed by atoms with E-state index in [0.717, 1.165) is 15.4 Å². The lowest BCUT2D eigenvalue weighted by Gasteiger charge is -2.36. The highest BCUT2D eigenvalue weighted by Crippen LogP contribution is 2.49. The highest BCUT2D eigenvalue weighted by Gasteiger charge is 2.36. The number of anilines is 1. The number of aromatic hydroxyl groups is 1. The van der Waals surface area contributed by atoms with Gasteiger partial charge in [0.15, 0.2) is 0 Å². The summed E-state index contributed by atoms with van der Waals surface area (Å²) >= 11 is 0. The summed E-state index contributed by atoms with van der Waals surface area (Å²) in [7, 11) is -3.39. The van der Waals surface area contributed by atoms with Crippen molar-refractivity contribution in [3.8, 4) is 5.75 Å². The quantitative estimate of drug-likeness (QED) is 0.484. The van der Waals surface area contributed by atoms with E-state index in [1.165, 1.54) is 18.2 Å². The number of hydrogen-bond acceptors (Lipinski definition) is 7. The number of carboxylic acids is 1. The van der Waals surface area contributed by atoms with Crippen LogP contribution >= 0.6 is 11.0 Å². The van der Waals surface area contributed by atoms with Crippen LogP contribution in [-0.2, 0) is 6.42 Å². The Kier molecular flexibility index (Phi) is 4.58. The molecule has 0 spiro atoms. The van der Waals surface area contributed by atoms with E-state index in [1.54, 1.807) is 24.3 Å². The minimum absolute atomic E-state index is 0.0735. The first-order chi connectivity index (χ1) is 11.8. The monoisotopic (exact) mass is 366 g/mol. The molecule has 134 valence electrons. The molecular weight excluding hydrogens is 348 g/mol. The summed E-state index contributed by atoms with van der Waals surface area (Å²) in [6.45, 7) is -0.0735. The summed E-state index contributed by atoms with van der Waals surface area (Å²) in [5.74, 6) is -1.17. The first kappa shape index (κ1) is 17.5. The molecule has 1 fully saturated rings. The molecule has 0 amide bonds. The van der Waals surface area contributed by atoms with Crippen LogP contribution in [-0.4, -0.2) is 43.2 Å². The lowest BCUT2D eigenvalue weighted by molar-refractivity contribution is 0.0696. The normalized spacial score (nSPS) is 20.4. The summed E-state index contributed by atoms with van der Waals surface area (Å²) in [5.41, 5.74) is 1.87. The van der Waals surface area contributed by atoms with Crippen LogP contribution in [0.3, 0.4) is 0 Å². The number of benzene rings is 2. The zero-order valence-electron chi connectivity index (χ0n) is 13.0. The Bertz CT molecular complexity index is 813. The average Bonchev–Trinajstić information content (AvgIpc) is 2.80. The lowest BCUT2D eigenvalue weighted by Crippen LogP contribution is -2.25. The molecule has 0 saturated carbocycles. The topological polar surface area (TPSA) is 133 Å². The van der Waals surface area contributed by atoms with Gasteiger partial charge in [0, 0.05) is 0 Å².